The number of carbonyl (C=O) groups excluding carboxylic acids is 1. The molecule has 1 rings (SSSR count). The number of carboxylic acids is 1. The molecule has 22 heavy (non-hydrogen) atoms. The molecular formula is C12H16N4O6. The first kappa shape index (κ1) is 17.1. The van der Waals surface area contributed by atoms with E-state index in [4.69, 9.17) is 15.3 Å². The summed E-state index contributed by atoms with van der Waals surface area (Å²) in [6.07, 6.45) is -0.0671. The molecule has 0 saturated heterocycles. The van der Waals surface area contributed by atoms with Crippen molar-refractivity contribution in [2.45, 2.75) is 32.9 Å². The van der Waals surface area contributed by atoms with Gasteiger partial charge in [-0.1, -0.05) is 0 Å². The SMILES string of the molecule is CC(C)(C)OC(=O)NC(=N)c1cn(CC(=O)O)c(=O)[nH]c1=O. The fraction of sp³-hybridized carbons (Fsp3) is 0.417. The van der Waals surface area contributed by atoms with Gasteiger partial charge in [-0.2, -0.15) is 0 Å². The molecule has 0 saturated carbocycles. The van der Waals surface area contributed by atoms with Crippen LogP contribution >= 0.6 is 0 Å². The summed E-state index contributed by atoms with van der Waals surface area (Å²) >= 11 is 0. The Morgan fingerprint density at radius 1 is 1.41 bits per heavy atom. The van der Waals surface area contributed by atoms with Crippen LogP contribution in [0.3, 0.4) is 0 Å². The second kappa shape index (κ2) is 6.24. The fourth-order valence-corrected chi connectivity index (χ4v) is 1.42. The van der Waals surface area contributed by atoms with Gasteiger partial charge in [-0.3, -0.25) is 29.9 Å². The molecule has 1 amide bonds. The van der Waals surface area contributed by atoms with E-state index in [9.17, 15) is 19.2 Å². The van der Waals surface area contributed by atoms with E-state index in [-0.39, 0.29) is 5.56 Å². The maximum atomic E-state index is 11.6. The summed E-state index contributed by atoms with van der Waals surface area (Å²) in [6, 6.07) is 0. The van der Waals surface area contributed by atoms with Crippen LogP contribution in [0.4, 0.5) is 4.79 Å². The Kier molecular flexibility index (Phi) is 4.87. The van der Waals surface area contributed by atoms with E-state index in [2.05, 4.69) is 0 Å². The third kappa shape index (κ3) is 4.89. The molecule has 1 aromatic rings. The van der Waals surface area contributed by atoms with Crippen molar-refractivity contribution in [2.24, 2.45) is 0 Å². The van der Waals surface area contributed by atoms with Gasteiger partial charge >= 0.3 is 17.8 Å². The number of carbonyl (C=O) groups is 2. The predicted octanol–water partition coefficient (Wildman–Crippen LogP) is -0.529. The molecule has 0 bridgehead atoms. The Bertz CT molecular complexity index is 724. The van der Waals surface area contributed by atoms with E-state index in [0.717, 1.165) is 6.20 Å². The standard InChI is InChI=1S/C12H16N4O6/c1-12(2,3)22-11(21)14-8(13)6-4-16(5-7(17)18)10(20)15-9(6)19/h4H,5H2,1-3H3,(H,17,18)(H2,13,14,21)(H,15,19,20). The van der Waals surface area contributed by atoms with Gasteiger partial charge < -0.3 is 9.84 Å². The Hall–Kier alpha value is -2.91. The van der Waals surface area contributed by atoms with Gasteiger partial charge in [-0.05, 0) is 20.8 Å². The number of nitrogens with one attached hydrogen (secondary N) is 3. The lowest BCUT2D eigenvalue weighted by molar-refractivity contribution is -0.137. The number of carboxylic acid groups (broad SMARTS) is 1. The van der Waals surface area contributed by atoms with Crippen molar-refractivity contribution < 1.29 is 19.4 Å². The van der Waals surface area contributed by atoms with Gasteiger partial charge in [-0.15, -0.1) is 0 Å². The van der Waals surface area contributed by atoms with Gasteiger partial charge in [0.15, 0.2) is 0 Å². The van der Waals surface area contributed by atoms with Gasteiger partial charge in [0.05, 0.1) is 5.56 Å². The number of hydrogen-bond acceptors (Lipinski definition) is 6. The fourth-order valence-electron chi connectivity index (χ4n) is 1.42. The van der Waals surface area contributed by atoms with Crippen LogP contribution in [0.5, 0.6) is 0 Å². The van der Waals surface area contributed by atoms with Crippen molar-refractivity contribution in [3.05, 3.63) is 32.6 Å². The summed E-state index contributed by atoms with van der Waals surface area (Å²) in [5, 5.41) is 18.4. The van der Waals surface area contributed by atoms with E-state index in [1.165, 1.54) is 0 Å². The van der Waals surface area contributed by atoms with Gasteiger partial charge in [0.25, 0.3) is 5.56 Å². The molecule has 120 valence electrons. The largest absolute Gasteiger partial charge is 0.480 e. The highest BCUT2D eigenvalue weighted by molar-refractivity contribution is 6.04. The number of rotatable bonds is 3. The van der Waals surface area contributed by atoms with E-state index in [0.29, 0.717) is 4.57 Å². The minimum atomic E-state index is -1.30. The van der Waals surface area contributed by atoms with E-state index >= 15 is 0 Å². The molecule has 0 spiro atoms. The minimum absolute atomic E-state index is 0.369. The highest BCUT2D eigenvalue weighted by Crippen LogP contribution is 2.06. The van der Waals surface area contributed by atoms with E-state index in [1.807, 2.05) is 10.3 Å². The Morgan fingerprint density at radius 3 is 2.50 bits per heavy atom. The van der Waals surface area contributed by atoms with E-state index < -0.39 is 41.3 Å². The summed E-state index contributed by atoms with van der Waals surface area (Å²) < 4.78 is 5.62. The van der Waals surface area contributed by atoms with Crippen LogP contribution in [0.1, 0.15) is 26.3 Å². The highest BCUT2D eigenvalue weighted by atomic mass is 16.6. The van der Waals surface area contributed by atoms with Crippen LogP contribution < -0.4 is 16.6 Å². The number of amidine groups is 1. The first-order valence-corrected chi connectivity index (χ1v) is 6.14. The third-order valence-electron chi connectivity index (χ3n) is 2.21. The zero-order valence-corrected chi connectivity index (χ0v) is 12.2. The summed E-state index contributed by atoms with van der Waals surface area (Å²) in [5.41, 5.74) is -3.01. The number of alkyl carbamates (subject to hydrolysis) is 1. The number of aromatic amines is 1. The first-order chi connectivity index (χ1) is 9.99. The Morgan fingerprint density at radius 2 is 2.00 bits per heavy atom. The smallest absolute Gasteiger partial charge is 0.413 e. The number of H-pyrrole nitrogens is 1. The average Bonchev–Trinajstić information content (AvgIpc) is 2.29. The van der Waals surface area contributed by atoms with Crippen LogP contribution in [0.2, 0.25) is 0 Å². The second-order valence-corrected chi connectivity index (χ2v) is 5.33. The molecule has 0 atom stereocenters. The molecule has 0 aromatic carbocycles. The van der Waals surface area contributed by atoms with Crippen LogP contribution in [0.25, 0.3) is 0 Å². The molecule has 0 aliphatic heterocycles. The van der Waals surface area contributed by atoms with Crippen molar-refractivity contribution in [3.63, 3.8) is 0 Å². The van der Waals surface area contributed by atoms with Crippen molar-refractivity contribution >= 4 is 17.9 Å². The molecule has 0 aliphatic carbocycles. The molecule has 1 aromatic heterocycles. The van der Waals surface area contributed by atoms with Crippen LogP contribution in [-0.4, -0.2) is 38.2 Å². The van der Waals surface area contributed by atoms with Crippen LogP contribution in [0.15, 0.2) is 15.8 Å². The number of aliphatic carboxylic acids is 1. The van der Waals surface area contributed by atoms with Crippen molar-refractivity contribution in [1.29, 1.82) is 5.41 Å². The summed E-state index contributed by atoms with van der Waals surface area (Å²) in [6.45, 7) is 4.17. The zero-order chi connectivity index (χ0) is 17.1. The normalized spacial score (nSPS) is 10.9. The maximum Gasteiger partial charge on any atom is 0.413 e. The lowest BCUT2D eigenvalue weighted by atomic mass is 10.2. The van der Waals surface area contributed by atoms with Crippen molar-refractivity contribution in [2.75, 3.05) is 0 Å². The molecular weight excluding hydrogens is 296 g/mol. The lowest BCUT2D eigenvalue weighted by Crippen LogP contribution is -2.41. The number of aromatic nitrogens is 2. The molecule has 0 aliphatic rings. The molecule has 10 heteroatoms. The summed E-state index contributed by atoms with van der Waals surface area (Å²) in [4.78, 5) is 47.1. The molecule has 10 nitrogen and oxygen atoms in total. The quantitative estimate of drug-likeness (QED) is 0.434. The predicted molar refractivity (Wildman–Crippen MR) is 75.2 cm³/mol. The molecule has 0 radical (unpaired) electrons. The minimum Gasteiger partial charge on any atom is -0.480 e. The van der Waals surface area contributed by atoms with Crippen LogP contribution in [0, 0.1) is 5.41 Å². The number of ether oxygens (including phenoxy) is 1. The third-order valence-corrected chi connectivity index (χ3v) is 2.21. The van der Waals surface area contributed by atoms with Gasteiger partial charge in [0.2, 0.25) is 0 Å². The van der Waals surface area contributed by atoms with Gasteiger partial charge in [0, 0.05) is 6.20 Å². The molecule has 0 fully saturated rings. The first-order valence-electron chi connectivity index (χ1n) is 6.14. The monoisotopic (exact) mass is 312 g/mol. The summed E-state index contributed by atoms with van der Waals surface area (Å²) in [5.74, 6) is -1.92. The Labute approximate surface area is 124 Å². The number of hydrogen-bond donors (Lipinski definition) is 4. The molecule has 0 unspecified atom stereocenters. The molecule has 1 heterocycles. The number of nitrogens with zero attached hydrogens (tertiary/aromatic N) is 1. The van der Waals surface area contributed by atoms with Crippen molar-refractivity contribution in [1.82, 2.24) is 14.9 Å². The number of amides is 1. The van der Waals surface area contributed by atoms with Gasteiger partial charge in [-0.25, -0.2) is 9.59 Å². The lowest BCUT2D eigenvalue weighted by Gasteiger charge is -2.19. The van der Waals surface area contributed by atoms with E-state index in [1.54, 1.807) is 20.8 Å². The zero-order valence-electron chi connectivity index (χ0n) is 12.2. The average molecular weight is 312 g/mol. The van der Waals surface area contributed by atoms with Crippen LogP contribution in [-0.2, 0) is 16.1 Å². The van der Waals surface area contributed by atoms with Gasteiger partial charge in [0.1, 0.15) is 18.0 Å². The Balaban J connectivity index is 3.03. The summed E-state index contributed by atoms with van der Waals surface area (Å²) in [7, 11) is 0. The maximum absolute atomic E-state index is 11.6. The second-order valence-electron chi connectivity index (χ2n) is 5.33. The molecule has 4 N–H and O–H groups in total. The topological polar surface area (TPSA) is 154 Å². The van der Waals surface area contributed by atoms with Crippen molar-refractivity contribution in [3.8, 4) is 0 Å². The highest BCUT2D eigenvalue weighted by Gasteiger charge is 2.19.